The van der Waals surface area contributed by atoms with Gasteiger partial charge in [-0.2, -0.15) is 0 Å². The number of nitrogens with two attached hydrogens (primary N) is 1. The number of aromatic nitrogens is 1. The second kappa shape index (κ2) is 5.55. The second-order valence-electron chi connectivity index (χ2n) is 3.36. The van der Waals surface area contributed by atoms with Gasteiger partial charge in [0.15, 0.2) is 0 Å². The summed E-state index contributed by atoms with van der Waals surface area (Å²) >= 11 is 5.92. The van der Waals surface area contributed by atoms with Crippen molar-refractivity contribution in [2.45, 2.75) is 19.9 Å². The van der Waals surface area contributed by atoms with Crippen LogP contribution < -0.4 is 16.4 Å². The maximum atomic E-state index is 11.5. The summed E-state index contributed by atoms with van der Waals surface area (Å²) in [6, 6.07) is 1.19. The lowest BCUT2D eigenvalue weighted by Gasteiger charge is -2.14. The van der Waals surface area contributed by atoms with Crippen molar-refractivity contribution in [1.29, 1.82) is 0 Å². The van der Waals surface area contributed by atoms with Crippen LogP contribution in [0.5, 0.6) is 0 Å². The average Bonchev–Trinajstić information content (AvgIpc) is 2.22. The third-order valence-corrected chi connectivity index (χ3v) is 2.25. The van der Waals surface area contributed by atoms with Gasteiger partial charge in [-0.1, -0.05) is 11.6 Å². The van der Waals surface area contributed by atoms with Crippen LogP contribution in [0, 0.1) is 0 Å². The first-order valence-corrected chi connectivity index (χ1v) is 5.37. The molecule has 6 heteroatoms. The minimum atomic E-state index is -0.395. The first-order chi connectivity index (χ1) is 7.54. The molecule has 0 aliphatic heterocycles. The van der Waals surface area contributed by atoms with E-state index in [0.29, 0.717) is 23.1 Å². The Labute approximate surface area is 99.4 Å². The van der Waals surface area contributed by atoms with Crippen LogP contribution >= 0.6 is 11.6 Å². The van der Waals surface area contributed by atoms with Gasteiger partial charge >= 0.3 is 0 Å². The van der Waals surface area contributed by atoms with E-state index in [-0.39, 0.29) is 5.91 Å². The van der Waals surface area contributed by atoms with Crippen molar-refractivity contribution in [3.05, 3.63) is 17.3 Å². The smallest absolute Gasteiger partial charge is 0.242 e. The van der Waals surface area contributed by atoms with Gasteiger partial charge in [0.1, 0.15) is 11.9 Å². The Hall–Kier alpha value is -1.49. The number of rotatable bonds is 4. The topological polar surface area (TPSA) is 80.0 Å². The summed E-state index contributed by atoms with van der Waals surface area (Å²) in [5.74, 6) is 0.354. The number of hydrogen-bond acceptors (Lipinski definition) is 4. The molecule has 1 rings (SSSR count). The highest BCUT2D eigenvalue weighted by atomic mass is 35.5. The Morgan fingerprint density at radius 1 is 1.69 bits per heavy atom. The number of amides is 1. The quantitative estimate of drug-likeness (QED) is 0.743. The van der Waals surface area contributed by atoms with Crippen LogP contribution in [0.3, 0.4) is 0 Å². The van der Waals surface area contributed by atoms with E-state index in [1.807, 2.05) is 6.92 Å². The van der Waals surface area contributed by atoms with E-state index < -0.39 is 6.04 Å². The van der Waals surface area contributed by atoms with E-state index in [1.165, 1.54) is 6.20 Å². The van der Waals surface area contributed by atoms with Crippen LogP contribution in [0.1, 0.15) is 13.8 Å². The minimum absolute atomic E-state index is 0.0998. The standard InChI is InChI=1S/C10H15ClN4O/c1-3-13-10(16)6(2)15-9-8(11)4-7(12)5-14-9/h4-6H,3,12H2,1-2H3,(H,13,16)(H,14,15). The van der Waals surface area contributed by atoms with Gasteiger partial charge in [0.25, 0.3) is 0 Å². The fourth-order valence-electron chi connectivity index (χ4n) is 1.16. The molecule has 5 nitrogen and oxygen atoms in total. The Morgan fingerprint density at radius 2 is 2.38 bits per heavy atom. The van der Waals surface area contributed by atoms with Crippen LogP contribution in [-0.2, 0) is 4.79 Å². The first kappa shape index (κ1) is 12.6. The Kier molecular flexibility index (Phi) is 4.37. The maximum absolute atomic E-state index is 11.5. The summed E-state index contributed by atoms with van der Waals surface area (Å²) in [7, 11) is 0. The molecular weight excluding hydrogens is 228 g/mol. The highest BCUT2D eigenvalue weighted by Gasteiger charge is 2.13. The molecule has 1 unspecified atom stereocenters. The summed E-state index contributed by atoms with van der Waals surface area (Å²) < 4.78 is 0. The fourth-order valence-corrected chi connectivity index (χ4v) is 1.39. The lowest BCUT2D eigenvalue weighted by Crippen LogP contribution is -2.37. The van der Waals surface area contributed by atoms with Crippen LogP contribution in [0.25, 0.3) is 0 Å². The van der Waals surface area contributed by atoms with Crippen molar-refractivity contribution in [2.75, 3.05) is 17.6 Å². The number of likely N-dealkylation sites (N-methyl/N-ethyl adjacent to an activating group) is 1. The van der Waals surface area contributed by atoms with Gasteiger partial charge in [-0.25, -0.2) is 4.98 Å². The summed E-state index contributed by atoms with van der Waals surface area (Å²) in [5.41, 5.74) is 6.00. The molecule has 0 fully saturated rings. The fraction of sp³-hybridized carbons (Fsp3) is 0.400. The zero-order valence-corrected chi connectivity index (χ0v) is 10.0. The van der Waals surface area contributed by atoms with E-state index in [9.17, 15) is 4.79 Å². The SMILES string of the molecule is CCNC(=O)C(C)Nc1ncc(N)cc1Cl. The number of nitrogen functional groups attached to an aromatic ring is 1. The van der Waals surface area contributed by atoms with Gasteiger partial charge in [0.2, 0.25) is 5.91 Å². The van der Waals surface area contributed by atoms with Gasteiger partial charge in [-0.15, -0.1) is 0 Å². The van der Waals surface area contributed by atoms with Gasteiger partial charge in [-0.05, 0) is 19.9 Å². The molecule has 0 saturated heterocycles. The number of nitrogens with zero attached hydrogens (tertiary/aromatic N) is 1. The lowest BCUT2D eigenvalue weighted by molar-refractivity contribution is -0.121. The molecule has 0 bridgehead atoms. The van der Waals surface area contributed by atoms with Crippen molar-refractivity contribution in [1.82, 2.24) is 10.3 Å². The summed E-state index contributed by atoms with van der Waals surface area (Å²) in [6.07, 6.45) is 1.48. The second-order valence-corrected chi connectivity index (χ2v) is 3.77. The summed E-state index contributed by atoms with van der Waals surface area (Å²) in [5, 5.41) is 6.01. The largest absolute Gasteiger partial charge is 0.397 e. The number of halogens is 1. The van der Waals surface area contributed by atoms with Gasteiger partial charge in [0.05, 0.1) is 16.9 Å². The highest BCUT2D eigenvalue weighted by Crippen LogP contribution is 2.21. The molecule has 0 aliphatic carbocycles. The molecule has 0 aromatic carbocycles. The zero-order valence-electron chi connectivity index (χ0n) is 9.25. The van der Waals surface area contributed by atoms with E-state index in [4.69, 9.17) is 17.3 Å². The van der Waals surface area contributed by atoms with E-state index in [1.54, 1.807) is 13.0 Å². The molecule has 1 aromatic heterocycles. The molecule has 0 spiro atoms. The zero-order chi connectivity index (χ0) is 12.1. The van der Waals surface area contributed by atoms with E-state index in [0.717, 1.165) is 0 Å². The third-order valence-electron chi connectivity index (χ3n) is 1.96. The molecule has 1 aromatic rings. The predicted octanol–water partition coefficient (Wildman–Crippen LogP) is 1.25. The summed E-state index contributed by atoms with van der Waals surface area (Å²) in [6.45, 7) is 4.19. The lowest BCUT2D eigenvalue weighted by atomic mass is 10.3. The first-order valence-electron chi connectivity index (χ1n) is 4.99. The third kappa shape index (κ3) is 3.27. The Morgan fingerprint density at radius 3 is 2.94 bits per heavy atom. The normalized spacial score (nSPS) is 11.9. The number of nitrogens with one attached hydrogen (secondary N) is 2. The number of pyridine rings is 1. The van der Waals surface area contributed by atoms with Crippen LogP contribution in [-0.4, -0.2) is 23.5 Å². The highest BCUT2D eigenvalue weighted by molar-refractivity contribution is 6.33. The number of hydrogen-bond donors (Lipinski definition) is 3. The van der Waals surface area contributed by atoms with Crippen molar-refractivity contribution < 1.29 is 4.79 Å². The molecule has 1 amide bonds. The van der Waals surface area contributed by atoms with E-state index in [2.05, 4.69) is 15.6 Å². The average molecular weight is 243 g/mol. The molecular formula is C10H15ClN4O. The molecule has 16 heavy (non-hydrogen) atoms. The molecule has 4 N–H and O–H groups in total. The maximum Gasteiger partial charge on any atom is 0.242 e. The molecule has 0 aliphatic rings. The van der Waals surface area contributed by atoms with Crippen LogP contribution in [0.15, 0.2) is 12.3 Å². The summed E-state index contributed by atoms with van der Waals surface area (Å²) in [4.78, 5) is 15.5. The van der Waals surface area contributed by atoms with Crippen molar-refractivity contribution in [3.8, 4) is 0 Å². The molecule has 88 valence electrons. The molecule has 0 radical (unpaired) electrons. The van der Waals surface area contributed by atoms with Crippen LogP contribution in [0.4, 0.5) is 11.5 Å². The molecule has 1 heterocycles. The minimum Gasteiger partial charge on any atom is -0.397 e. The van der Waals surface area contributed by atoms with Gasteiger partial charge < -0.3 is 16.4 Å². The molecule has 1 atom stereocenters. The predicted molar refractivity (Wildman–Crippen MR) is 65.4 cm³/mol. The van der Waals surface area contributed by atoms with Crippen molar-refractivity contribution in [3.63, 3.8) is 0 Å². The van der Waals surface area contributed by atoms with Gasteiger partial charge in [0, 0.05) is 6.54 Å². The van der Waals surface area contributed by atoms with Gasteiger partial charge in [-0.3, -0.25) is 4.79 Å². The Balaban J connectivity index is 2.69. The van der Waals surface area contributed by atoms with Crippen molar-refractivity contribution in [2.24, 2.45) is 0 Å². The monoisotopic (exact) mass is 242 g/mol. The molecule has 0 saturated carbocycles. The Bertz CT molecular complexity index is 383. The van der Waals surface area contributed by atoms with Crippen molar-refractivity contribution >= 4 is 29.0 Å². The van der Waals surface area contributed by atoms with Crippen LogP contribution in [0.2, 0.25) is 5.02 Å². The number of anilines is 2. The number of carbonyl (C=O) groups excluding carboxylic acids is 1. The number of carbonyl (C=O) groups is 1. The van der Waals surface area contributed by atoms with E-state index >= 15 is 0 Å².